The summed E-state index contributed by atoms with van der Waals surface area (Å²) < 4.78 is 1.89. The van der Waals surface area contributed by atoms with Gasteiger partial charge in [0.25, 0.3) is 0 Å². The lowest BCUT2D eigenvalue weighted by molar-refractivity contribution is 0.534. The molecule has 0 saturated heterocycles. The van der Waals surface area contributed by atoms with Crippen molar-refractivity contribution in [2.75, 3.05) is 0 Å². The average Bonchev–Trinajstić information content (AvgIpc) is 2.47. The highest BCUT2D eigenvalue weighted by Gasteiger charge is 2.12. The molecule has 1 aromatic rings. The van der Waals surface area contributed by atoms with Crippen LogP contribution in [0.2, 0.25) is 0 Å². The molecule has 14 heavy (non-hydrogen) atoms. The Balaban J connectivity index is 2.74. The molecule has 1 N–H and O–H groups in total. The number of aromatic nitrogens is 2. The van der Waals surface area contributed by atoms with Crippen LogP contribution in [0, 0.1) is 6.92 Å². The maximum Gasteiger partial charge on any atom is 0.0540 e. The molecule has 3 nitrogen and oxygen atoms in total. The number of nitrogens with one attached hydrogen (secondary N) is 1. The van der Waals surface area contributed by atoms with Crippen LogP contribution in [0.4, 0.5) is 0 Å². The number of rotatable bonds is 4. The summed E-state index contributed by atoms with van der Waals surface area (Å²) in [6.07, 6.45) is 3.82. The molecule has 0 amide bonds. The zero-order valence-electron chi connectivity index (χ0n) is 9.41. The van der Waals surface area contributed by atoms with E-state index in [1.807, 2.05) is 24.0 Å². The normalized spacial score (nSPS) is 15.1. The summed E-state index contributed by atoms with van der Waals surface area (Å²) in [5.74, 6) is 0. The summed E-state index contributed by atoms with van der Waals surface area (Å²) in [5, 5.41) is 7.65. The van der Waals surface area contributed by atoms with Crippen molar-refractivity contribution in [2.45, 2.75) is 32.9 Å². The quantitative estimate of drug-likeness (QED) is 0.741. The van der Waals surface area contributed by atoms with Gasteiger partial charge in [-0.1, -0.05) is 6.08 Å². The van der Waals surface area contributed by atoms with Gasteiger partial charge in [0.2, 0.25) is 0 Å². The van der Waals surface area contributed by atoms with Gasteiger partial charge in [-0.15, -0.1) is 6.58 Å². The zero-order chi connectivity index (χ0) is 10.7. The Morgan fingerprint density at radius 1 is 1.57 bits per heavy atom. The first-order valence-corrected chi connectivity index (χ1v) is 4.93. The van der Waals surface area contributed by atoms with Gasteiger partial charge < -0.3 is 5.32 Å². The fourth-order valence-electron chi connectivity index (χ4n) is 1.49. The molecule has 0 aromatic carbocycles. The van der Waals surface area contributed by atoms with Gasteiger partial charge >= 0.3 is 0 Å². The number of hydrogen-bond donors (Lipinski definition) is 1. The average molecular weight is 193 g/mol. The van der Waals surface area contributed by atoms with Gasteiger partial charge in [0.15, 0.2) is 0 Å². The Labute approximate surface area is 85.8 Å². The van der Waals surface area contributed by atoms with Crippen molar-refractivity contribution >= 4 is 0 Å². The van der Waals surface area contributed by atoms with Gasteiger partial charge in [-0.2, -0.15) is 5.10 Å². The summed E-state index contributed by atoms with van der Waals surface area (Å²) >= 11 is 0. The second-order valence-corrected chi connectivity index (χ2v) is 3.72. The molecule has 0 aliphatic heterocycles. The van der Waals surface area contributed by atoms with Crippen molar-refractivity contribution in [1.29, 1.82) is 0 Å². The zero-order valence-corrected chi connectivity index (χ0v) is 9.41. The molecule has 0 aliphatic carbocycles. The van der Waals surface area contributed by atoms with E-state index in [-0.39, 0.29) is 0 Å². The number of aryl methyl sites for hydroxylation is 1. The highest BCUT2D eigenvalue weighted by Crippen LogP contribution is 2.16. The molecule has 0 bridgehead atoms. The van der Waals surface area contributed by atoms with E-state index in [9.17, 15) is 0 Å². The summed E-state index contributed by atoms with van der Waals surface area (Å²) in [6, 6.07) is 0.640. The molecule has 1 aromatic heterocycles. The maximum atomic E-state index is 4.22. The summed E-state index contributed by atoms with van der Waals surface area (Å²) in [5.41, 5.74) is 2.46. The van der Waals surface area contributed by atoms with Gasteiger partial charge in [-0.05, 0) is 20.8 Å². The molecule has 0 spiro atoms. The second-order valence-electron chi connectivity index (χ2n) is 3.72. The van der Waals surface area contributed by atoms with Crippen LogP contribution < -0.4 is 5.32 Å². The van der Waals surface area contributed by atoms with Gasteiger partial charge in [0.05, 0.1) is 6.20 Å². The highest BCUT2D eigenvalue weighted by molar-refractivity contribution is 5.20. The number of nitrogens with zero attached hydrogens (tertiary/aromatic N) is 2. The van der Waals surface area contributed by atoms with Crippen LogP contribution in [0.15, 0.2) is 18.9 Å². The standard InChI is InChI=1S/C11H19N3/c1-6-8(2)13-9(3)11-7-12-14(5)10(11)4/h6-9,13H,1H2,2-5H3. The van der Waals surface area contributed by atoms with Gasteiger partial charge in [-0.3, -0.25) is 4.68 Å². The summed E-state index contributed by atoms with van der Waals surface area (Å²) in [4.78, 5) is 0. The van der Waals surface area contributed by atoms with E-state index < -0.39 is 0 Å². The molecule has 0 aliphatic rings. The van der Waals surface area contributed by atoms with Crippen LogP contribution in [-0.4, -0.2) is 15.8 Å². The van der Waals surface area contributed by atoms with Crippen molar-refractivity contribution < 1.29 is 0 Å². The van der Waals surface area contributed by atoms with E-state index >= 15 is 0 Å². The van der Waals surface area contributed by atoms with Crippen LogP contribution in [0.25, 0.3) is 0 Å². The van der Waals surface area contributed by atoms with Crippen LogP contribution >= 0.6 is 0 Å². The third kappa shape index (κ3) is 2.23. The molecule has 0 saturated carbocycles. The van der Waals surface area contributed by atoms with Crippen LogP contribution in [0.1, 0.15) is 31.1 Å². The molecular formula is C11H19N3. The Bertz CT molecular complexity index is 314. The monoisotopic (exact) mass is 193 g/mol. The van der Waals surface area contributed by atoms with Crippen LogP contribution in [0.3, 0.4) is 0 Å². The smallest absolute Gasteiger partial charge is 0.0540 e. The highest BCUT2D eigenvalue weighted by atomic mass is 15.3. The summed E-state index contributed by atoms with van der Waals surface area (Å²) in [7, 11) is 1.96. The molecule has 2 unspecified atom stereocenters. The molecule has 2 atom stereocenters. The van der Waals surface area contributed by atoms with Crippen molar-refractivity contribution in [2.24, 2.45) is 7.05 Å². The second kappa shape index (κ2) is 4.42. The van der Waals surface area contributed by atoms with Gasteiger partial charge in [0, 0.05) is 30.4 Å². The topological polar surface area (TPSA) is 29.9 Å². The minimum Gasteiger partial charge on any atom is -0.304 e. The van der Waals surface area contributed by atoms with Gasteiger partial charge in [-0.25, -0.2) is 0 Å². The molecule has 78 valence electrons. The minimum absolute atomic E-state index is 0.316. The van der Waals surface area contributed by atoms with Gasteiger partial charge in [0.1, 0.15) is 0 Å². The van der Waals surface area contributed by atoms with Crippen molar-refractivity contribution in [1.82, 2.24) is 15.1 Å². The molecule has 1 heterocycles. The Morgan fingerprint density at radius 3 is 2.64 bits per heavy atom. The number of hydrogen-bond acceptors (Lipinski definition) is 2. The van der Waals surface area contributed by atoms with E-state index in [4.69, 9.17) is 0 Å². The fraction of sp³-hybridized carbons (Fsp3) is 0.545. The Hall–Kier alpha value is -1.09. The van der Waals surface area contributed by atoms with E-state index in [1.54, 1.807) is 0 Å². The Morgan fingerprint density at radius 2 is 2.21 bits per heavy atom. The first kappa shape index (κ1) is 11.0. The van der Waals surface area contributed by atoms with Crippen molar-refractivity contribution in [3.63, 3.8) is 0 Å². The lowest BCUT2D eigenvalue weighted by atomic mass is 10.1. The van der Waals surface area contributed by atoms with Crippen LogP contribution in [-0.2, 0) is 7.05 Å². The largest absolute Gasteiger partial charge is 0.304 e. The lowest BCUT2D eigenvalue weighted by Crippen LogP contribution is -2.27. The van der Waals surface area contributed by atoms with E-state index in [1.165, 1.54) is 11.3 Å². The first-order chi connectivity index (χ1) is 6.56. The van der Waals surface area contributed by atoms with Crippen LogP contribution in [0.5, 0.6) is 0 Å². The maximum absolute atomic E-state index is 4.22. The van der Waals surface area contributed by atoms with E-state index in [0.29, 0.717) is 12.1 Å². The molecule has 0 fully saturated rings. The predicted octanol–water partition coefficient (Wildman–Crippen LogP) is 1.95. The minimum atomic E-state index is 0.316. The predicted molar refractivity (Wildman–Crippen MR) is 59.2 cm³/mol. The third-order valence-electron chi connectivity index (χ3n) is 2.61. The molecule has 0 radical (unpaired) electrons. The first-order valence-electron chi connectivity index (χ1n) is 4.93. The molecule has 3 heteroatoms. The van der Waals surface area contributed by atoms with E-state index in [0.717, 1.165) is 0 Å². The third-order valence-corrected chi connectivity index (χ3v) is 2.61. The fourth-order valence-corrected chi connectivity index (χ4v) is 1.49. The summed E-state index contributed by atoms with van der Waals surface area (Å²) in [6.45, 7) is 10.1. The molecular weight excluding hydrogens is 174 g/mol. The lowest BCUT2D eigenvalue weighted by Gasteiger charge is -2.16. The SMILES string of the molecule is C=CC(C)NC(C)c1cnn(C)c1C. The Kier molecular flexibility index (Phi) is 3.47. The van der Waals surface area contributed by atoms with Crippen molar-refractivity contribution in [3.8, 4) is 0 Å². The van der Waals surface area contributed by atoms with Crippen molar-refractivity contribution in [3.05, 3.63) is 30.1 Å². The van der Waals surface area contributed by atoms with E-state index in [2.05, 4.69) is 37.8 Å². The molecule has 1 rings (SSSR count).